The zero-order chi connectivity index (χ0) is 14.7. The lowest BCUT2D eigenvalue weighted by Crippen LogP contribution is -2.46. The highest BCUT2D eigenvalue weighted by molar-refractivity contribution is 5.76. The van der Waals surface area contributed by atoms with Gasteiger partial charge in [0.25, 0.3) is 0 Å². The van der Waals surface area contributed by atoms with Crippen molar-refractivity contribution in [2.75, 3.05) is 26.2 Å². The van der Waals surface area contributed by atoms with Crippen LogP contribution in [-0.4, -0.2) is 49.1 Å². The molecule has 0 spiro atoms. The van der Waals surface area contributed by atoms with E-state index < -0.39 is 0 Å². The summed E-state index contributed by atoms with van der Waals surface area (Å²) in [5.41, 5.74) is 0. The van der Waals surface area contributed by atoms with Gasteiger partial charge in [0.05, 0.1) is 0 Å². The number of rotatable bonds is 5. The molecule has 0 radical (unpaired) electrons. The van der Waals surface area contributed by atoms with Crippen LogP contribution in [0.4, 0.5) is 0 Å². The van der Waals surface area contributed by atoms with Gasteiger partial charge >= 0.3 is 0 Å². The molecule has 2 unspecified atom stereocenters. The summed E-state index contributed by atoms with van der Waals surface area (Å²) in [6.07, 6.45) is 8.31. The van der Waals surface area contributed by atoms with Crippen LogP contribution in [0, 0.1) is 11.8 Å². The van der Waals surface area contributed by atoms with Gasteiger partial charge in [-0.1, -0.05) is 6.92 Å². The number of piperidine rings is 2. The van der Waals surface area contributed by atoms with E-state index in [0.29, 0.717) is 24.3 Å². The first-order valence-corrected chi connectivity index (χ1v) is 8.96. The normalized spacial score (nSPS) is 30.0. The van der Waals surface area contributed by atoms with Gasteiger partial charge in [-0.2, -0.15) is 0 Å². The number of carbonyl (C=O) groups excluding carboxylic acids is 1. The van der Waals surface area contributed by atoms with E-state index in [9.17, 15) is 4.79 Å². The Morgan fingerprint density at radius 1 is 1.24 bits per heavy atom. The first-order chi connectivity index (χ1) is 10.2. The quantitative estimate of drug-likeness (QED) is 0.812. The molecule has 0 aromatic carbocycles. The van der Waals surface area contributed by atoms with Gasteiger partial charge in [0, 0.05) is 31.6 Å². The molecule has 3 aliphatic rings. The van der Waals surface area contributed by atoms with Crippen molar-refractivity contribution in [3.63, 3.8) is 0 Å². The molecule has 3 fully saturated rings. The molecule has 2 N–H and O–H groups in total. The maximum atomic E-state index is 12.2. The SMILES string of the molecule is CC(CC(=O)NC1CCN(C2CC2)CC1)C1CCCNC1. The van der Waals surface area contributed by atoms with Crippen LogP contribution < -0.4 is 10.6 Å². The van der Waals surface area contributed by atoms with E-state index in [4.69, 9.17) is 0 Å². The summed E-state index contributed by atoms with van der Waals surface area (Å²) in [5.74, 6) is 1.46. The van der Waals surface area contributed by atoms with Gasteiger partial charge in [0.15, 0.2) is 0 Å². The maximum Gasteiger partial charge on any atom is 0.220 e. The standard InChI is InChI=1S/C17H31N3O/c1-13(14-3-2-8-18-12-14)11-17(21)19-15-6-9-20(10-7-15)16-4-5-16/h13-16,18H,2-12H2,1H3,(H,19,21). The van der Waals surface area contributed by atoms with E-state index in [-0.39, 0.29) is 5.91 Å². The van der Waals surface area contributed by atoms with Gasteiger partial charge in [0.1, 0.15) is 0 Å². The second kappa shape index (κ2) is 7.10. The molecule has 0 bridgehead atoms. The van der Waals surface area contributed by atoms with Crippen LogP contribution in [-0.2, 0) is 4.79 Å². The van der Waals surface area contributed by atoms with Crippen molar-refractivity contribution in [1.82, 2.24) is 15.5 Å². The number of hydrogen-bond acceptors (Lipinski definition) is 3. The second-order valence-electron chi connectivity index (χ2n) is 7.40. The Morgan fingerprint density at radius 3 is 2.62 bits per heavy atom. The van der Waals surface area contributed by atoms with Crippen LogP contribution in [0.2, 0.25) is 0 Å². The highest BCUT2D eigenvalue weighted by Gasteiger charge is 2.32. The first kappa shape index (κ1) is 15.3. The number of hydrogen-bond donors (Lipinski definition) is 2. The van der Waals surface area contributed by atoms with Gasteiger partial charge in [-0.15, -0.1) is 0 Å². The molecule has 21 heavy (non-hydrogen) atoms. The number of nitrogens with one attached hydrogen (secondary N) is 2. The monoisotopic (exact) mass is 293 g/mol. The van der Waals surface area contributed by atoms with Crippen LogP contribution in [0.15, 0.2) is 0 Å². The number of nitrogens with zero attached hydrogens (tertiary/aromatic N) is 1. The van der Waals surface area contributed by atoms with Crippen LogP contribution >= 0.6 is 0 Å². The molecular weight excluding hydrogens is 262 g/mol. The lowest BCUT2D eigenvalue weighted by Gasteiger charge is -2.33. The smallest absolute Gasteiger partial charge is 0.220 e. The van der Waals surface area contributed by atoms with Crippen LogP contribution in [0.25, 0.3) is 0 Å². The van der Waals surface area contributed by atoms with E-state index in [1.165, 1.54) is 38.8 Å². The van der Waals surface area contributed by atoms with Gasteiger partial charge < -0.3 is 15.5 Å². The minimum absolute atomic E-state index is 0.276. The Kier molecular flexibility index (Phi) is 5.17. The molecule has 2 atom stereocenters. The van der Waals surface area contributed by atoms with Gasteiger partial charge in [0.2, 0.25) is 5.91 Å². The average molecular weight is 293 g/mol. The Labute approximate surface area is 129 Å². The van der Waals surface area contributed by atoms with Gasteiger partial charge in [-0.05, 0) is 63.5 Å². The van der Waals surface area contributed by atoms with E-state index >= 15 is 0 Å². The van der Waals surface area contributed by atoms with Gasteiger partial charge in [-0.25, -0.2) is 0 Å². The van der Waals surface area contributed by atoms with Crippen LogP contribution in [0.3, 0.4) is 0 Å². The molecule has 120 valence electrons. The van der Waals surface area contributed by atoms with Crippen molar-refractivity contribution in [3.05, 3.63) is 0 Å². The Bertz CT molecular complexity index is 342. The van der Waals surface area contributed by atoms with Crippen molar-refractivity contribution < 1.29 is 4.79 Å². The first-order valence-electron chi connectivity index (χ1n) is 8.96. The van der Waals surface area contributed by atoms with Crippen molar-refractivity contribution in [2.45, 2.75) is 64.0 Å². The summed E-state index contributed by atoms with van der Waals surface area (Å²) < 4.78 is 0. The molecule has 0 aromatic heterocycles. The summed E-state index contributed by atoms with van der Waals surface area (Å²) in [5, 5.41) is 6.74. The predicted molar refractivity (Wildman–Crippen MR) is 85.1 cm³/mol. The summed E-state index contributed by atoms with van der Waals surface area (Å²) in [6, 6.07) is 1.30. The number of likely N-dealkylation sites (tertiary alicyclic amines) is 1. The molecule has 1 amide bonds. The molecule has 4 heteroatoms. The summed E-state index contributed by atoms with van der Waals surface area (Å²) in [6.45, 7) is 6.84. The maximum absolute atomic E-state index is 12.2. The van der Waals surface area contributed by atoms with Gasteiger partial charge in [-0.3, -0.25) is 4.79 Å². The highest BCUT2D eigenvalue weighted by Crippen LogP contribution is 2.29. The fraction of sp³-hybridized carbons (Fsp3) is 0.941. The van der Waals surface area contributed by atoms with Crippen LogP contribution in [0.1, 0.15) is 51.9 Å². The molecule has 4 nitrogen and oxygen atoms in total. The van der Waals surface area contributed by atoms with E-state index in [2.05, 4.69) is 22.5 Å². The van der Waals surface area contributed by atoms with Crippen molar-refractivity contribution in [2.24, 2.45) is 11.8 Å². The largest absolute Gasteiger partial charge is 0.353 e. The fourth-order valence-corrected chi connectivity index (χ4v) is 3.96. The summed E-state index contributed by atoms with van der Waals surface area (Å²) in [4.78, 5) is 14.9. The van der Waals surface area contributed by atoms with E-state index in [0.717, 1.165) is 32.0 Å². The van der Waals surface area contributed by atoms with Crippen LogP contribution in [0.5, 0.6) is 0 Å². The Morgan fingerprint density at radius 2 is 2.00 bits per heavy atom. The Balaban J connectivity index is 1.35. The molecule has 1 aliphatic carbocycles. The third kappa shape index (κ3) is 4.43. The summed E-state index contributed by atoms with van der Waals surface area (Å²) in [7, 11) is 0. The molecule has 0 aromatic rings. The van der Waals surface area contributed by atoms with Crippen molar-refractivity contribution >= 4 is 5.91 Å². The molecular formula is C17H31N3O. The fourth-order valence-electron chi connectivity index (χ4n) is 3.96. The second-order valence-corrected chi connectivity index (χ2v) is 7.40. The minimum Gasteiger partial charge on any atom is -0.353 e. The lowest BCUT2D eigenvalue weighted by molar-refractivity contribution is -0.123. The van der Waals surface area contributed by atoms with E-state index in [1.54, 1.807) is 0 Å². The molecule has 2 saturated heterocycles. The minimum atomic E-state index is 0.276. The highest BCUT2D eigenvalue weighted by atomic mass is 16.1. The van der Waals surface area contributed by atoms with Crippen molar-refractivity contribution in [3.8, 4) is 0 Å². The molecule has 1 saturated carbocycles. The zero-order valence-corrected chi connectivity index (χ0v) is 13.4. The topological polar surface area (TPSA) is 44.4 Å². The zero-order valence-electron chi connectivity index (χ0n) is 13.4. The third-order valence-corrected chi connectivity index (χ3v) is 5.61. The predicted octanol–water partition coefficient (Wildman–Crippen LogP) is 1.76. The van der Waals surface area contributed by atoms with E-state index in [1.807, 2.05) is 0 Å². The average Bonchev–Trinajstić information content (AvgIpc) is 3.33. The molecule has 2 heterocycles. The number of amides is 1. The lowest BCUT2D eigenvalue weighted by atomic mass is 9.85. The summed E-state index contributed by atoms with van der Waals surface area (Å²) >= 11 is 0. The van der Waals surface area contributed by atoms with Crippen molar-refractivity contribution in [1.29, 1.82) is 0 Å². The molecule has 3 rings (SSSR count). The molecule has 2 aliphatic heterocycles. The number of carbonyl (C=O) groups is 1. The Hall–Kier alpha value is -0.610. The third-order valence-electron chi connectivity index (χ3n) is 5.61.